The molecule has 0 unspecified atom stereocenters. The van der Waals surface area contributed by atoms with E-state index in [1.54, 1.807) is 13.8 Å². The third-order valence-corrected chi connectivity index (χ3v) is 8.77. The fraction of sp³-hybridized carbons (Fsp3) is 0.304. The number of hydrogen-bond donors (Lipinski definition) is 5. The molecule has 2 amide bonds. The van der Waals surface area contributed by atoms with Crippen molar-refractivity contribution in [2.75, 3.05) is 17.2 Å². The predicted molar refractivity (Wildman–Crippen MR) is 146 cm³/mol. The molecule has 2 aliphatic rings. The molecule has 0 radical (unpaired) electrons. The third-order valence-electron chi connectivity index (χ3n) is 5.80. The van der Waals surface area contributed by atoms with Crippen LogP contribution in [0.2, 0.25) is 0 Å². The standard InChI is InChI=1S/C23H23N7O7S3.Na/c1-8(2)37-29-15(12-7-39-22(24)25-12)18(33)28-16-19(34)30-17(21(35)36)9(5-38-20(16)30)6-40-23-26-10-3-13(31)14(32)4-11(10)27-23;/h3-4,7-8,16,20,31-32H,5-6H2,1-2H3,(H2,24,25)(H,26,27)(H,28,33)(H,35,36);/q;+1/p-1/t16-,20+;/m1./s1. The Kier molecular flexibility index (Phi) is 9.45. The largest absolute Gasteiger partial charge is 1.00 e. The van der Waals surface area contributed by atoms with Crippen LogP contribution in [-0.2, 0) is 19.2 Å². The van der Waals surface area contributed by atoms with Crippen LogP contribution in [0.5, 0.6) is 11.5 Å². The number of fused-ring (bicyclic) bond motifs is 2. The molecule has 0 bridgehead atoms. The number of H-pyrrole nitrogens is 1. The number of nitrogens with one attached hydrogen (secondary N) is 2. The number of rotatable bonds is 9. The van der Waals surface area contributed by atoms with E-state index in [1.807, 2.05) is 0 Å². The summed E-state index contributed by atoms with van der Waals surface area (Å²) in [7, 11) is 0. The molecule has 0 spiro atoms. The van der Waals surface area contributed by atoms with Crippen LogP contribution in [-0.4, -0.2) is 82.6 Å². The number of thioether (sulfide) groups is 2. The Balaban J connectivity index is 0.00000387. The first-order chi connectivity index (χ1) is 19.0. The number of oxime groups is 1. The van der Waals surface area contributed by atoms with E-state index >= 15 is 0 Å². The maximum atomic E-state index is 13.1. The van der Waals surface area contributed by atoms with Gasteiger partial charge in [-0.2, -0.15) is 0 Å². The van der Waals surface area contributed by atoms with Crippen LogP contribution in [0.15, 0.2) is 39.1 Å². The van der Waals surface area contributed by atoms with Gasteiger partial charge in [-0.15, -0.1) is 23.1 Å². The molecular weight excluding hydrogens is 605 g/mol. The topological polar surface area (TPSA) is 219 Å². The number of nitrogen functional groups attached to an aromatic ring is 1. The van der Waals surface area contributed by atoms with Crippen molar-refractivity contribution in [1.29, 1.82) is 0 Å². The van der Waals surface area contributed by atoms with Crippen LogP contribution in [0, 0.1) is 0 Å². The number of aromatic amines is 1. The van der Waals surface area contributed by atoms with E-state index in [0.29, 0.717) is 21.8 Å². The number of amides is 2. The second kappa shape index (κ2) is 12.5. The Morgan fingerprint density at radius 1 is 1.34 bits per heavy atom. The van der Waals surface area contributed by atoms with Crippen molar-refractivity contribution in [2.24, 2.45) is 5.16 Å². The van der Waals surface area contributed by atoms with Gasteiger partial charge in [-0.05, 0) is 19.4 Å². The summed E-state index contributed by atoms with van der Waals surface area (Å²) in [6, 6.07) is 1.63. The zero-order valence-electron chi connectivity index (χ0n) is 21.9. The number of benzene rings is 1. The van der Waals surface area contributed by atoms with Crippen molar-refractivity contribution >= 4 is 74.5 Å². The summed E-state index contributed by atoms with van der Waals surface area (Å²) in [6.07, 6.45) is -0.320. The number of anilines is 1. The minimum Gasteiger partial charge on any atom is -0.543 e. The molecule has 3 aromatic rings. The molecule has 2 aliphatic heterocycles. The predicted octanol–water partition coefficient (Wildman–Crippen LogP) is -2.66. The molecule has 0 saturated carbocycles. The summed E-state index contributed by atoms with van der Waals surface area (Å²) >= 11 is 3.60. The second-order valence-corrected chi connectivity index (χ2v) is 11.9. The van der Waals surface area contributed by atoms with E-state index in [-0.39, 0.29) is 80.9 Å². The fourth-order valence-corrected chi connectivity index (χ4v) is 6.90. The molecule has 18 heteroatoms. The number of carbonyl (C=O) groups excluding carboxylic acids is 3. The number of nitrogens with zero attached hydrogens (tertiary/aromatic N) is 4. The first kappa shape index (κ1) is 31.0. The van der Waals surface area contributed by atoms with E-state index in [4.69, 9.17) is 10.6 Å². The Hall–Kier alpha value is -2.96. The van der Waals surface area contributed by atoms with Gasteiger partial charge in [0.25, 0.3) is 11.8 Å². The average molecular weight is 628 g/mol. The van der Waals surface area contributed by atoms with Crippen molar-refractivity contribution in [3.63, 3.8) is 0 Å². The summed E-state index contributed by atoms with van der Waals surface area (Å²) in [5.74, 6) is -3.01. The molecule has 5 rings (SSSR count). The molecule has 1 aromatic carbocycles. The zero-order chi connectivity index (χ0) is 28.7. The number of aliphatic carboxylic acids is 1. The van der Waals surface area contributed by atoms with Crippen molar-refractivity contribution in [1.82, 2.24) is 25.2 Å². The second-order valence-electron chi connectivity index (χ2n) is 8.95. The number of thiazole rings is 1. The van der Waals surface area contributed by atoms with Crippen LogP contribution in [0.4, 0.5) is 5.13 Å². The summed E-state index contributed by atoms with van der Waals surface area (Å²) < 4.78 is 0. The number of aromatic hydroxyl groups is 2. The first-order valence-electron chi connectivity index (χ1n) is 11.7. The molecule has 2 atom stereocenters. The number of aromatic nitrogens is 3. The van der Waals surface area contributed by atoms with Crippen molar-refractivity contribution < 1.29 is 64.1 Å². The molecule has 41 heavy (non-hydrogen) atoms. The van der Waals surface area contributed by atoms with Crippen LogP contribution >= 0.6 is 34.9 Å². The van der Waals surface area contributed by atoms with Gasteiger partial charge in [-0.3, -0.25) is 14.5 Å². The first-order valence-corrected chi connectivity index (χ1v) is 14.6. The Morgan fingerprint density at radius 3 is 2.73 bits per heavy atom. The van der Waals surface area contributed by atoms with E-state index < -0.39 is 29.2 Å². The van der Waals surface area contributed by atoms with E-state index in [9.17, 15) is 29.7 Å². The van der Waals surface area contributed by atoms with Gasteiger partial charge in [0.15, 0.2) is 27.5 Å². The molecule has 0 aliphatic carbocycles. The van der Waals surface area contributed by atoms with Crippen LogP contribution < -0.4 is 45.7 Å². The van der Waals surface area contributed by atoms with Crippen LogP contribution in [0.1, 0.15) is 19.5 Å². The minimum absolute atomic E-state index is 0. The number of imidazole rings is 1. The van der Waals surface area contributed by atoms with Crippen molar-refractivity contribution in [3.8, 4) is 11.5 Å². The van der Waals surface area contributed by atoms with Gasteiger partial charge in [-0.1, -0.05) is 16.9 Å². The Labute approximate surface area is 267 Å². The normalized spacial score (nSPS) is 18.7. The maximum absolute atomic E-state index is 13.1. The van der Waals surface area contributed by atoms with Gasteiger partial charge in [0.2, 0.25) is 0 Å². The van der Waals surface area contributed by atoms with E-state index in [0.717, 1.165) is 16.2 Å². The van der Waals surface area contributed by atoms with Crippen LogP contribution in [0.25, 0.3) is 11.0 Å². The molecule has 14 nitrogen and oxygen atoms in total. The molecule has 6 N–H and O–H groups in total. The van der Waals surface area contributed by atoms with Gasteiger partial charge in [0, 0.05) is 29.0 Å². The monoisotopic (exact) mass is 627 g/mol. The number of β-lactam (4-membered cyclic amide) rings is 1. The number of phenols is 2. The number of carboxylic acids is 1. The average Bonchev–Trinajstić information content (AvgIpc) is 3.50. The molecular formula is C23H22N7NaO7S3. The number of phenolic OH excluding ortho intramolecular Hbond substituents is 2. The molecule has 210 valence electrons. The molecule has 1 fully saturated rings. The Morgan fingerprint density at radius 2 is 2.07 bits per heavy atom. The fourth-order valence-electron chi connectivity index (χ4n) is 3.99. The summed E-state index contributed by atoms with van der Waals surface area (Å²) in [4.78, 5) is 56.0. The Bertz CT molecular complexity index is 1550. The summed E-state index contributed by atoms with van der Waals surface area (Å²) in [5.41, 5.74) is 6.83. The number of carboxylic acid groups (broad SMARTS) is 1. The van der Waals surface area contributed by atoms with E-state index in [1.165, 1.54) is 41.0 Å². The zero-order valence-corrected chi connectivity index (χ0v) is 26.4. The SMILES string of the molecule is CC(C)ON=C(C(=O)N[C@@H]1C(=O)N2C(C(=O)[O-])=C(CSc3nc4cc(O)c(O)cc4[nH]3)CS[C@@H]12)c1csc(N)n1.[Na+]. The number of carbonyl (C=O) groups is 3. The molecule has 1 saturated heterocycles. The maximum Gasteiger partial charge on any atom is 1.00 e. The van der Waals surface area contributed by atoms with Gasteiger partial charge in [-0.25, -0.2) is 9.97 Å². The summed E-state index contributed by atoms with van der Waals surface area (Å²) in [6.45, 7) is 3.46. The molecule has 2 aromatic heterocycles. The minimum atomic E-state index is -1.51. The number of hydrogen-bond acceptors (Lipinski definition) is 14. The number of nitrogens with two attached hydrogens (primary N) is 1. The quantitative estimate of drug-likeness (QED) is 0.0410. The van der Waals surface area contributed by atoms with Gasteiger partial charge in [0.1, 0.15) is 23.2 Å². The smallest absolute Gasteiger partial charge is 0.543 e. The van der Waals surface area contributed by atoms with Gasteiger partial charge in [0.05, 0.1) is 22.7 Å². The van der Waals surface area contributed by atoms with Gasteiger partial charge < -0.3 is 41.0 Å². The summed E-state index contributed by atoms with van der Waals surface area (Å²) in [5, 5.41) is 39.5. The van der Waals surface area contributed by atoms with Crippen LogP contribution in [0.3, 0.4) is 0 Å². The van der Waals surface area contributed by atoms with Gasteiger partial charge >= 0.3 is 29.6 Å². The third kappa shape index (κ3) is 6.29. The van der Waals surface area contributed by atoms with Crippen molar-refractivity contribution in [3.05, 3.63) is 34.5 Å². The molecule has 4 heterocycles. The van der Waals surface area contributed by atoms with Crippen molar-refractivity contribution in [2.45, 2.75) is 36.5 Å². The van der Waals surface area contributed by atoms with E-state index in [2.05, 4.69) is 25.4 Å².